The van der Waals surface area contributed by atoms with E-state index in [-0.39, 0.29) is 0 Å². The van der Waals surface area contributed by atoms with Crippen LogP contribution >= 0.6 is 0 Å². The minimum Gasteiger partial charge on any atom is -0.465 e. The van der Waals surface area contributed by atoms with Crippen LogP contribution < -0.4 is 4.90 Å². The van der Waals surface area contributed by atoms with Gasteiger partial charge >= 0.3 is 6.09 Å². The molecule has 0 atom stereocenters. The molecule has 0 aliphatic heterocycles. The molecule has 1 N–H and O–H groups in total. The molecular formula is C19H18N2O2. The van der Waals surface area contributed by atoms with Crippen LogP contribution in [0.25, 0.3) is 6.08 Å². The third-order valence-electron chi connectivity index (χ3n) is 3.55. The van der Waals surface area contributed by atoms with E-state index in [0.717, 1.165) is 22.3 Å². The first kappa shape index (κ1) is 16.3. The number of carbonyl (C=O) groups is 1. The SMILES string of the molecule is Cc1cc(C=CC#N)cc(C)c1N(Cc1ccccc1)C(=O)O. The van der Waals surface area contributed by atoms with Crippen LogP contribution in [0.2, 0.25) is 0 Å². The summed E-state index contributed by atoms with van der Waals surface area (Å²) in [4.78, 5) is 13.1. The third-order valence-corrected chi connectivity index (χ3v) is 3.55. The Bertz CT molecular complexity index is 751. The van der Waals surface area contributed by atoms with Gasteiger partial charge in [-0.2, -0.15) is 5.26 Å². The number of hydrogen-bond acceptors (Lipinski definition) is 2. The van der Waals surface area contributed by atoms with E-state index in [1.807, 2.05) is 62.4 Å². The first-order valence-corrected chi connectivity index (χ1v) is 7.24. The lowest BCUT2D eigenvalue weighted by Gasteiger charge is -2.24. The molecule has 0 fully saturated rings. The Morgan fingerprint density at radius 2 is 1.83 bits per heavy atom. The normalized spacial score (nSPS) is 10.5. The summed E-state index contributed by atoms with van der Waals surface area (Å²) in [6, 6.07) is 15.2. The van der Waals surface area contributed by atoms with Crippen LogP contribution in [0.3, 0.4) is 0 Å². The predicted octanol–water partition coefficient (Wildman–Crippen LogP) is 4.52. The second kappa shape index (κ2) is 7.28. The lowest BCUT2D eigenvalue weighted by Crippen LogP contribution is -2.30. The predicted molar refractivity (Wildman–Crippen MR) is 91.2 cm³/mol. The van der Waals surface area contributed by atoms with Gasteiger partial charge in [0.2, 0.25) is 0 Å². The van der Waals surface area contributed by atoms with Gasteiger partial charge in [-0.1, -0.05) is 30.3 Å². The van der Waals surface area contributed by atoms with Crippen molar-refractivity contribution in [2.75, 3.05) is 4.90 Å². The van der Waals surface area contributed by atoms with E-state index >= 15 is 0 Å². The molecule has 0 heterocycles. The Morgan fingerprint density at radius 3 is 2.35 bits per heavy atom. The number of anilines is 1. The molecule has 116 valence electrons. The summed E-state index contributed by atoms with van der Waals surface area (Å²) in [6.45, 7) is 4.06. The standard InChI is InChI=1S/C19H18N2O2/c1-14-11-17(9-6-10-20)12-15(2)18(14)21(19(22)23)13-16-7-4-3-5-8-16/h3-9,11-12H,13H2,1-2H3,(H,22,23). The number of aryl methyl sites for hydroxylation is 2. The van der Waals surface area contributed by atoms with Crippen molar-refractivity contribution < 1.29 is 9.90 Å². The summed E-state index contributed by atoms with van der Waals surface area (Å²) < 4.78 is 0. The largest absolute Gasteiger partial charge is 0.465 e. The van der Waals surface area contributed by atoms with Crippen LogP contribution in [0, 0.1) is 25.2 Å². The second-order valence-electron chi connectivity index (χ2n) is 5.32. The van der Waals surface area contributed by atoms with Gasteiger partial charge < -0.3 is 5.11 Å². The molecule has 2 aromatic rings. The topological polar surface area (TPSA) is 64.3 Å². The van der Waals surface area contributed by atoms with Crippen molar-refractivity contribution in [1.29, 1.82) is 5.26 Å². The highest BCUT2D eigenvalue weighted by atomic mass is 16.4. The van der Waals surface area contributed by atoms with E-state index in [0.29, 0.717) is 12.2 Å². The molecule has 2 aromatic carbocycles. The fraction of sp³-hybridized carbons (Fsp3) is 0.158. The van der Waals surface area contributed by atoms with Crippen LogP contribution in [0.5, 0.6) is 0 Å². The lowest BCUT2D eigenvalue weighted by molar-refractivity contribution is 0.201. The van der Waals surface area contributed by atoms with Crippen LogP contribution in [0.15, 0.2) is 48.5 Å². The summed E-state index contributed by atoms with van der Waals surface area (Å²) in [5.41, 5.74) is 4.23. The average molecular weight is 306 g/mol. The number of hydrogen-bond donors (Lipinski definition) is 1. The zero-order valence-electron chi connectivity index (χ0n) is 13.2. The zero-order chi connectivity index (χ0) is 16.8. The fourth-order valence-electron chi connectivity index (χ4n) is 2.65. The van der Waals surface area contributed by atoms with Crippen molar-refractivity contribution in [2.45, 2.75) is 20.4 Å². The maximum atomic E-state index is 11.7. The van der Waals surface area contributed by atoms with Gasteiger partial charge in [0.1, 0.15) is 0 Å². The molecule has 0 spiro atoms. The molecule has 0 saturated heterocycles. The summed E-state index contributed by atoms with van der Waals surface area (Å²) in [7, 11) is 0. The summed E-state index contributed by atoms with van der Waals surface area (Å²) in [6.07, 6.45) is 2.14. The Morgan fingerprint density at radius 1 is 1.22 bits per heavy atom. The lowest BCUT2D eigenvalue weighted by atomic mass is 10.0. The van der Waals surface area contributed by atoms with Crippen molar-refractivity contribution in [3.63, 3.8) is 0 Å². The van der Waals surface area contributed by atoms with Crippen molar-refractivity contribution in [3.05, 3.63) is 70.8 Å². The van der Waals surface area contributed by atoms with Crippen LogP contribution in [-0.4, -0.2) is 11.2 Å². The van der Waals surface area contributed by atoms with E-state index < -0.39 is 6.09 Å². The number of nitrogens with zero attached hydrogens (tertiary/aromatic N) is 2. The molecule has 1 amide bonds. The molecule has 4 nitrogen and oxygen atoms in total. The van der Waals surface area contributed by atoms with E-state index in [9.17, 15) is 9.90 Å². The third kappa shape index (κ3) is 3.98. The van der Waals surface area contributed by atoms with Gasteiger partial charge in [-0.05, 0) is 54.3 Å². The van der Waals surface area contributed by atoms with E-state index in [1.165, 1.54) is 11.0 Å². The molecule has 0 aliphatic carbocycles. The minimum absolute atomic E-state index is 0.297. The number of carboxylic acid groups (broad SMARTS) is 1. The van der Waals surface area contributed by atoms with Gasteiger partial charge in [-0.15, -0.1) is 0 Å². The highest BCUT2D eigenvalue weighted by Crippen LogP contribution is 2.28. The zero-order valence-corrected chi connectivity index (χ0v) is 13.2. The Hall–Kier alpha value is -3.06. The molecule has 23 heavy (non-hydrogen) atoms. The minimum atomic E-state index is -0.986. The maximum Gasteiger partial charge on any atom is 0.412 e. The van der Waals surface area contributed by atoms with Crippen LogP contribution in [0.1, 0.15) is 22.3 Å². The Balaban J connectivity index is 2.42. The Kier molecular flexibility index (Phi) is 5.16. The van der Waals surface area contributed by atoms with Gasteiger partial charge in [0.15, 0.2) is 0 Å². The number of benzene rings is 2. The van der Waals surface area contributed by atoms with E-state index in [4.69, 9.17) is 5.26 Å². The van der Waals surface area contributed by atoms with Gasteiger partial charge in [0, 0.05) is 6.08 Å². The molecular weight excluding hydrogens is 288 g/mol. The molecule has 0 bridgehead atoms. The van der Waals surface area contributed by atoms with Crippen molar-refractivity contribution in [2.24, 2.45) is 0 Å². The molecule has 0 aromatic heterocycles. The summed E-state index contributed by atoms with van der Waals surface area (Å²) in [5.74, 6) is 0. The number of amides is 1. The van der Waals surface area contributed by atoms with E-state index in [1.54, 1.807) is 6.08 Å². The van der Waals surface area contributed by atoms with Gasteiger partial charge in [0.25, 0.3) is 0 Å². The van der Waals surface area contributed by atoms with Crippen molar-refractivity contribution >= 4 is 17.9 Å². The van der Waals surface area contributed by atoms with Crippen molar-refractivity contribution in [1.82, 2.24) is 0 Å². The first-order valence-electron chi connectivity index (χ1n) is 7.24. The van der Waals surface area contributed by atoms with Crippen LogP contribution in [0.4, 0.5) is 10.5 Å². The number of nitriles is 1. The fourth-order valence-corrected chi connectivity index (χ4v) is 2.65. The highest BCUT2D eigenvalue weighted by molar-refractivity contribution is 5.88. The van der Waals surface area contributed by atoms with Crippen molar-refractivity contribution in [3.8, 4) is 6.07 Å². The molecule has 0 radical (unpaired) electrons. The Labute approximate surface area is 135 Å². The second-order valence-corrected chi connectivity index (χ2v) is 5.32. The molecule has 0 aliphatic rings. The molecule has 2 rings (SSSR count). The molecule has 0 saturated carbocycles. The number of allylic oxidation sites excluding steroid dienone is 1. The summed E-state index contributed by atoms with van der Waals surface area (Å²) >= 11 is 0. The van der Waals surface area contributed by atoms with E-state index in [2.05, 4.69) is 0 Å². The van der Waals surface area contributed by atoms with Gasteiger partial charge in [-0.3, -0.25) is 4.90 Å². The van der Waals surface area contributed by atoms with Crippen LogP contribution in [-0.2, 0) is 6.54 Å². The van der Waals surface area contributed by atoms with Gasteiger partial charge in [0.05, 0.1) is 18.3 Å². The molecule has 4 heteroatoms. The number of rotatable bonds is 4. The smallest absolute Gasteiger partial charge is 0.412 e. The maximum absolute atomic E-state index is 11.7. The first-order chi connectivity index (χ1) is 11.0. The summed E-state index contributed by atoms with van der Waals surface area (Å²) in [5, 5.41) is 18.2. The average Bonchev–Trinajstić information content (AvgIpc) is 2.52. The monoisotopic (exact) mass is 306 g/mol. The highest BCUT2D eigenvalue weighted by Gasteiger charge is 2.19. The quantitative estimate of drug-likeness (QED) is 0.844. The molecule has 0 unspecified atom stereocenters. The van der Waals surface area contributed by atoms with Gasteiger partial charge in [-0.25, -0.2) is 4.79 Å².